The molecule has 1 aliphatic heterocycles. The quantitative estimate of drug-likeness (QED) is 0.711. The number of rotatable bonds is 3. The largest absolute Gasteiger partial charge is 0.338 e. The van der Waals surface area contributed by atoms with Crippen LogP contribution in [-0.4, -0.2) is 33.3 Å². The fourth-order valence-electron chi connectivity index (χ4n) is 3.48. The van der Waals surface area contributed by atoms with Crippen LogP contribution in [0.1, 0.15) is 28.0 Å². The minimum absolute atomic E-state index is 0.117. The number of nitrogens with zero attached hydrogens (tertiary/aromatic N) is 3. The molecule has 0 radical (unpaired) electrons. The van der Waals surface area contributed by atoms with Crippen LogP contribution in [0.3, 0.4) is 0 Å². The molecule has 1 unspecified atom stereocenters. The number of thiazole rings is 1. The van der Waals surface area contributed by atoms with E-state index < -0.39 is 0 Å². The van der Waals surface area contributed by atoms with Crippen molar-refractivity contribution in [1.82, 2.24) is 14.3 Å². The number of fused-ring (bicyclic) bond motifs is 1. The van der Waals surface area contributed by atoms with Crippen LogP contribution in [0, 0.1) is 18.7 Å². The Balaban J connectivity index is 1.51. The van der Waals surface area contributed by atoms with Gasteiger partial charge in [-0.3, -0.25) is 14.0 Å². The summed E-state index contributed by atoms with van der Waals surface area (Å²) in [6.45, 7) is 3.05. The summed E-state index contributed by atoms with van der Waals surface area (Å²) in [5.41, 5.74) is 1.66. The van der Waals surface area contributed by atoms with E-state index in [9.17, 15) is 14.0 Å². The van der Waals surface area contributed by atoms with Gasteiger partial charge in [-0.05, 0) is 43.4 Å². The first-order valence-corrected chi connectivity index (χ1v) is 9.40. The summed E-state index contributed by atoms with van der Waals surface area (Å²) >= 11 is 1.38. The predicted octanol–water partition coefficient (Wildman–Crippen LogP) is 2.91. The van der Waals surface area contributed by atoms with Crippen molar-refractivity contribution in [2.24, 2.45) is 5.92 Å². The summed E-state index contributed by atoms with van der Waals surface area (Å²) < 4.78 is 14.5. The molecule has 2 aromatic heterocycles. The summed E-state index contributed by atoms with van der Waals surface area (Å²) in [4.78, 5) is 32.0. The number of amides is 1. The van der Waals surface area contributed by atoms with Crippen molar-refractivity contribution in [3.05, 3.63) is 68.8 Å². The average Bonchev–Trinajstić information content (AvgIpc) is 3.24. The Morgan fingerprint density at radius 3 is 2.88 bits per heavy atom. The summed E-state index contributed by atoms with van der Waals surface area (Å²) in [6.07, 6.45) is 3.06. The summed E-state index contributed by atoms with van der Waals surface area (Å²) in [5.74, 6) is -0.195. The van der Waals surface area contributed by atoms with Crippen LogP contribution in [-0.2, 0) is 6.42 Å². The number of benzene rings is 1. The van der Waals surface area contributed by atoms with E-state index in [1.54, 1.807) is 17.0 Å². The molecule has 1 saturated heterocycles. The predicted molar refractivity (Wildman–Crippen MR) is 98.2 cm³/mol. The van der Waals surface area contributed by atoms with Gasteiger partial charge in [-0.25, -0.2) is 9.37 Å². The van der Waals surface area contributed by atoms with Gasteiger partial charge in [-0.15, -0.1) is 11.3 Å². The van der Waals surface area contributed by atoms with Crippen molar-refractivity contribution >= 4 is 22.2 Å². The Hall–Kier alpha value is -2.54. The second-order valence-electron chi connectivity index (χ2n) is 6.71. The molecular weight excluding hydrogens is 353 g/mol. The van der Waals surface area contributed by atoms with Gasteiger partial charge in [0.05, 0.1) is 0 Å². The summed E-state index contributed by atoms with van der Waals surface area (Å²) in [5, 5.41) is 1.85. The van der Waals surface area contributed by atoms with Gasteiger partial charge in [-0.1, -0.05) is 12.1 Å². The molecule has 1 atom stereocenters. The van der Waals surface area contributed by atoms with E-state index in [2.05, 4.69) is 4.98 Å². The van der Waals surface area contributed by atoms with E-state index in [4.69, 9.17) is 0 Å². The van der Waals surface area contributed by atoms with Gasteiger partial charge >= 0.3 is 0 Å². The highest BCUT2D eigenvalue weighted by atomic mass is 32.1. The minimum Gasteiger partial charge on any atom is -0.338 e. The highest BCUT2D eigenvalue weighted by Gasteiger charge is 2.29. The first-order chi connectivity index (χ1) is 12.5. The van der Waals surface area contributed by atoms with Crippen LogP contribution >= 0.6 is 11.3 Å². The molecule has 1 fully saturated rings. The van der Waals surface area contributed by atoms with Gasteiger partial charge in [0.1, 0.15) is 11.4 Å². The zero-order valence-corrected chi connectivity index (χ0v) is 15.1. The van der Waals surface area contributed by atoms with Crippen molar-refractivity contribution < 1.29 is 9.18 Å². The maximum absolute atomic E-state index is 13.0. The van der Waals surface area contributed by atoms with Crippen LogP contribution in [0.5, 0.6) is 0 Å². The van der Waals surface area contributed by atoms with Crippen LogP contribution in [0.2, 0.25) is 0 Å². The van der Waals surface area contributed by atoms with E-state index in [0.717, 1.165) is 24.1 Å². The van der Waals surface area contributed by atoms with E-state index in [-0.39, 0.29) is 22.8 Å². The molecule has 0 aliphatic carbocycles. The fourth-order valence-corrected chi connectivity index (χ4v) is 4.31. The fraction of sp³-hybridized carbons (Fsp3) is 0.316. The van der Waals surface area contributed by atoms with Crippen molar-refractivity contribution in [2.45, 2.75) is 19.8 Å². The summed E-state index contributed by atoms with van der Waals surface area (Å²) in [7, 11) is 0. The number of hydrogen-bond acceptors (Lipinski definition) is 4. The summed E-state index contributed by atoms with van der Waals surface area (Å²) in [6, 6.07) is 6.48. The van der Waals surface area contributed by atoms with Crippen LogP contribution < -0.4 is 5.56 Å². The van der Waals surface area contributed by atoms with Gasteiger partial charge in [0, 0.05) is 30.4 Å². The van der Waals surface area contributed by atoms with Gasteiger partial charge in [0.15, 0.2) is 4.96 Å². The molecular formula is C19H18FN3O2S. The highest BCUT2D eigenvalue weighted by molar-refractivity contribution is 7.15. The number of aromatic nitrogens is 2. The minimum atomic E-state index is -0.305. The maximum Gasteiger partial charge on any atom is 0.271 e. The lowest BCUT2D eigenvalue weighted by Gasteiger charge is -2.16. The third-order valence-electron chi connectivity index (χ3n) is 4.86. The molecule has 0 spiro atoms. The molecule has 5 nitrogen and oxygen atoms in total. The molecule has 134 valence electrons. The van der Waals surface area contributed by atoms with Gasteiger partial charge < -0.3 is 4.90 Å². The number of aryl methyl sites for hydroxylation is 1. The molecule has 1 aromatic carbocycles. The van der Waals surface area contributed by atoms with Crippen molar-refractivity contribution in [3.8, 4) is 0 Å². The van der Waals surface area contributed by atoms with Gasteiger partial charge in [-0.2, -0.15) is 0 Å². The van der Waals surface area contributed by atoms with Crippen LogP contribution in [0.4, 0.5) is 4.39 Å². The van der Waals surface area contributed by atoms with E-state index >= 15 is 0 Å². The Labute approximate surface area is 153 Å². The number of halogens is 1. The Kier molecular flexibility index (Phi) is 4.32. The number of carbonyl (C=O) groups excluding carboxylic acids is 1. The van der Waals surface area contributed by atoms with Crippen LogP contribution in [0.25, 0.3) is 4.96 Å². The third-order valence-corrected chi connectivity index (χ3v) is 5.82. The topological polar surface area (TPSA) is 54.7 Å². The van der Waals surface area contributed by atoms with E-state index in [1.165, 1.54) is 34.1 Å². The lowest BCUT2D eigenvalue weighted by atomic mass is 9.99. The third kappa shape index (κ3) is 3.03. The molecule has 7 heteroatoms. The number of carbonyl (C=O) groups is 1. The lowest BCUT2D eigenvalue weighted by Crippen LogP contribution is -2.34. The zero-order chi connectivity index (χ0) is 18.3. The molecule has 26 heavy (non-hydrogen) atoms. The van der Waals surface area contributed by atoms with Gasteiger partial charge in [0.25, 0.3) is 11.5 Å². The van der Waals surface area contributed by atoms with Crippen molar-refractivity contribution in [1.29, 1.82) is 0 Å². The van der Waals surface area contributed by atoms with E-state index in [0.29, 0.717) is 24.0 Å². The molecule has 1 aliphatic rings. The Morgan fingerprint density at radius 1 is 1.35 bits per heavy atom. The van der Waals surface area contributed by atoms with Gasteiger partial charge in [0.2, 0.25) is 0 Å². The molecule has 1 amide bonds. The van der Waals surface area contributed by atoms with Crippen molar-refractivity contribution in [3.63, 3.8) is 0 Å². The normalized spacial score (nSPS) is 17.2. The van der Waals surface area contributed by atoms with Crippen molar-refractivity contribution in [2.75, 3.05) is 13.1 Å². The first kappa shape index (κ1) is 16.9. The molecule has 4 rings (SSSR count). The standard InChI is InChI=1S/C19H18FN3O2S/c1-12-11-26-19-21-9-16(18(25)23(12)19)17(24)22-7-6-14(10-22)8-13-2-4-15(20)5-3-13/h2-5,9,11,14H,6-8,10H2,1H3. The molecule has 0 bridgehead atoms. The molecule has 3 heterocycles. The second-order valence-corrected chi connectivity index (χ2v) is 7.55. The SMILES string of the molecule is Cc1csc2ncc(C(=O)N3CCC(Cc4ccc(F)cc4)C3)c(=O)n12. The molecule has 0 saturated carbocycles. The maximum atomic E-state index is 13.0. The molecule has 0 N–H and O–H groups in total. The average molecular weight is 371 g/mol. The first-order valence-electron chi connectivity index (χ1n) is 8.52. The highest BCUT2D eigenvalue weighted by Crippen LogP contribution is 2.22. The number of likely N-dealkylation sites (tertiary alicyclic amines) is 1. The molecule has 3 aromatic rings. The van der Waals surface area contributed by atoms with Crippen LogP contribution in [0.15, 0.2) is 40.6 Å². The lowest BCUT2D eigenvalue weighted by molar-refractivity contribution is 0.0784. The smallest absolute Gasteiger partial charge is 0.271 e. The monoisotopic (exact) mass is 371 g/mol. The zero-order valence-electron chi connectivity index (χ0n) is 14.3. The Bertz CT molecular complexity index is 1030. The van der Waals surface area contributed by atoms with E-state index in [1.807, 2.05) is 12.3 Å². The number of hydrogen-bond donors (Lipinski definition) is 0. The Morgan fingerprint density at radius 2 is 2.12 bits per heavy atom. The second kappa shape index (κ2) is 6.64.